The number of halogens is 4. The Hall–Kier alpha value is -1.83. The van der Waals surface area contributed by atoms with Gasteiger partial charge in [0.1, 0.15) is 17.5 Å². The maximum Gasteiger partial charge on any atom is 0.173 e. The van der Waals surface area contributed by atoms with Gasteiger partial charge in [0.25, 0.3) is 0 Å². The number of rotatable bonds is 5. The quantitative estimate of drug-likeness (QED) is 0.685. The first-order valence-electron chi connectivity index (χ1n) is 8.49. The second-order valence-corrected chi connectivity index (χ2v) is 7.06. The van der Waals surface area contributed by atoms with E-state index < -0.39 is 17.5 Å². The van der Waals surface area contributed by atoms with E-state index >= 15 is 0 Å². The molecule has 1 saturated heterocycles. The topological polar surface area (TPSA) is 24.5 Å². The smallest absolute Gasteiger partial charge is 0.173 e. The molecule has 0 saturated carbocycles. The van der Waals surface area contributed by atoms with Gasteiger partial charge in [0.2, 0.25) is 0 Å². The molecule has 1 aliphatic heterocycles. The summed E-state index contributed by atoms with van der Waals surface area (Å²) in [6.07, 6.45) is 1.73. The van der Waals surface area contributed by atoms with E-state index in [2.05, 4.69) is 5.32 Å². The van der Waals surface area contributed by atoms with Crippen molar-refractivity contribution < 1.29 is 17.9 Å². The van der Waals surface area contributed by atoms with Crippen molar-refractivity contribution in [1.82, 2.24) is 4.90 Å². The molecular weight excluding hydrogens is 397 g/mol. The highest BCUT2D eigenvalue weighted by Gasteiger charge is 2.23. The molecule has 1 fully saturated rings. The lowest BCUT2D eigenvalue weighted by Gasteiger charge is -2.29. The first-order valence-corrected chi connectivity index (χ1v) is 9.28. The van der Waals surface area contributed by atoms with Gasteiger partial charge in [0.15, 0.2) is 5.11 Å². The van der Waals surface area contributed by atoms with Crippen molar-refractivity contribution in [1.29, 1.82) is 0 Å². The fraction of sp³-hybridized carbons (Fsp3) is 0.316. The summed E-state index contributed by atoms with van der Waals surface area (Å²) in [6, 6.07) is 7.60. The minimum absolute atomic E-state index is 0.0402. The second kappa shape index (κ2) is 8.91. The highest BCUT2D eigenvalue weighted by atomic mass is 35.5. The third-order valence-corrected chi connectivity index (χ3v) is 5.03. The maximum absolute atomic E-state index is 14.2. The average molecular weight is 415 g/mol. The van der Waals surface area contributed by atoms with Crippen molar-refractivity contribution >= 4 is 34.6 Å². The number of anilines is 1. The van der Waals surface area contributed by atoms with E-state index in [4.69, 9.17) is 28.6 Å². The summed E-state index contributed by atoms with van der Waals surface area (Å²) in [7, 11) is 0. The lowest BCUT2D eigenvalue weighted by molar-refractivity contribution is 0.0903. The van der Waals surface area contributed by atoms with E-state index in [1.807, 2.05) is 0 Å². The van der Waals surface area contributed by atoms with Crippen molar-refractivity contribution in [3.63, 3.8) is 0 Å². The van der Waals surface area contributed by atoms with Gasteiger partial charge in [0, 0.05) is 36.3 Å². The Morgan fingerprint density at radius 2 is 2.04 bits per heavy atom. The van der Waals surface area contributed by atoms with Crippen LogP contribution in [-0.2, 0) is 11.3 Å². The van der Waals surface area contributed by atoms with Crippen LogP contribution in [0.1, 0.15) is 18.4 Å². The number of nitrogens with one attached hydrogen (secondary N) is 1. The maximum atomic E-state index is 14.2. The highest BCUT2D eigenvalue weighted by Crippen LogP contribution is 2.23. The molecular formula is C19H18ClF3N2OS. The van der Waals surface area contributed by atoms with Crippen molar-refractivity contribution in [3.8, 4) is 0 Å². The molecule has 1 atom stereocenters. The van der Waals surface area contributed by atoms with Crippen LogP contribution in [0.2, 0.25) is 5.02 Å². The van der Waals surface area contributed by atoms with Crippen LogP contribution in [-0.4, -0.2) is 29.3 Å². The van der Waals surface area contributed by atoms with Gasteiger partial charge in [-0.25, -0.2) is 13.2 Å². The molecule has 0 aliphatic carbocycles. The van der Waals surface area contributed by atoms with Crippen LogP contribution >= 0.6 is 23.8 Å². The van der Waals surface area contributed by atoms with Crippen molar-refractivity contribution in [2.75, 3.05) is 18.5 Å². The molecule has 2 aromatic rings. The van der Waals surface area contributed by atoms with Crippen LogP contribution in [0.25, 0.3) is 0 Å². The molecule has 27 heavy (non-hydrogen) atoms. The monoisotopic (exact) mass is 414 g/mol. The van der Waals surface area contributed by atoms with Crippen LogP contribution in [0.5, 0.6) is 0 Å². The summed E-state index contributed by atoms with van der Waals surface area (Å²) in [6.45, 7) is 1.16. The van der Waals surface area contributed by atoms with Crippen LogP contribution in [0.4, 0.5) is 18.9 Å². The second-order valence-electron chi connectivity index (χ2n) is 6.27. The molecule has 0 spiro atoms. The fourth-order valence-electron chi connectivity index (χ4n) is 2.91. The molecule has 0 amide bonds. The molecule has 1 N–H and O–H groups in total. The van der Waals surface area contributed by atoms with Crippen LogP contribution in [0.15, 0.2) is 36.4 Å². The Morgan fingerprint density at radius 3 is 2.70 bits per heavy atom. The van der Waals surface area contributed by atoms with Gasteiger partial charge < -0.3 is 15.0 Å². The van der Waals surface area contributed by atoms with Gasteiger partial charge >= 0.3 is 0 Å². The molecule has 1 aliphatic rings. The van der Waals surface area contributed by atoms with Gasteiger partial charge in [0.05, 0.1) is 11.8 Å². The highest BCUT2D eigenvalue weighted by molar-refractivity contribution is 7.80. The van der Waals surface area contributed by atoms with Gasteiger partial charge in [-0.3, -0.25) is 0 Å². The predicted octanol–water partition coefficient (Wildman–Crippen LogP) is 5.14. The molecule has 1 heterocycles. The molecule has 8 heteroatoms. The third-order valence-electron chi connectivity index (χ3n) is 4.32. The largest absolute Gasteiger partial charge is 0.376 e. The summed E-state index contributed by atoms with van der Waals surface area (Å²) in [5.74, 6) is -1.90. The molecule has 3 rings (SSSR count). The zero-order chi connectivity index (χ0) is 19.4. The Labute approximate surface area is 166 Å². The van der Waals surface area contributed by atoms with Crippen LogP contribution in [0, 0.1) is 17.5 Å². The SMILES string of the molecule is Fc1ccc(NC(=S)N(Cc2c(F)cccc2Cl)C[C@H]2CCCO2)c(F)c1. The number of nitrogens with zero attached hydrogens (tertiary/aromatic N) is 1. The minimum atomic E-state index is -0.765. The number of thiocarbonyl (C=S) groups is 1. The van der Waals surface area contributed by atoms with E-state index in [9.17, 15) is 13.2 Å². The number of hydrogen-bond acceptors (Lipinski definition) is 2. The summed E-state index contributed by atoms with van der Waals surface area (Å²) in [5.41, 5.74) is 0.333. The van der Waals surface area contributed by atoms with Gasteiger partial charge in [-0.15, -0.1) is 0 Å². The predicted molar refractivity (Wildman–Crippen MR) is 103 cm³/mol. The van der Waals surface area contributed by atoms with Crippen molar-refractivity contribution in [2.24, 2.45) is 0 Å². The Morgan fingerprint density at radius 1 is 1.22 bits per heavy atom. The number of hydrogen-bond donors (Lipinski definition) is 1. The average Bonchev–Trinajstić information content (AvgIpc) is 3.12. The van der Waals surface area contributed by atoms with Crippen molar-refractivity contribution in [3.05, 3.63) is 64.4 Å². The van der Waals surface area contributed by atoms with E-state index in [1.54, 1.807) is 11.0 Å². The lowest BCUT2D eigenvalue weighted by atomic mass is 10.1. The van der Waals surface area contributed by atoms with Crippen LogP contribution < -0.4 is 5.32 Å². The molecule has 0 bridgehead atoms. The summed E-state index contributed by atoms with van der Waals surface area (Å²) < 4.78 is 46.9. The fourth-order valence-corrected chi connectivity index (χ4v) is 3.38. The number of ether oxygens (including phenoxy) is 1. The van der Waals surface area contributed by atoms with Crippen LogP contribution in [0.3, 0.4) is 0 Å². The first kappa shape index (κ1) is 19.9. The van der Waals surface area contributed by atoms with Gasteiger partial charge in [-0.1, -0.05) is 17.7 Å². The van der Waals surface area contributed by atoms with E-state index in [1.165, 1.54) is 18.2 Å². The molecule has 2 aromatic carbocycles. The zero-order valence-electron chi connectivity index (χ0n) is 14.4. The summed E-state index contributed by atoms with van der Waals surface area (Å²) >= 11 is 11.5. The Balaban J connectivity index is 1.80. The lowest BCUT2D eigenvalue weighted by Crippen LogP contribution is -2.40. The summed E-state index contributed by atoms with van der Waals surface area (Å²) in [5, 5.41) is 3.22. The minimum Gasteiger partial charge on any atom is -0.376 e. The third kappa shape index (κ3) is 5.12. The normalized spacial score (nSPS) is 16.4. The molecule has 3 nitrogen and oxygen atoms in total. The Kier molecular flexibility index (Phi) is 6.57. The molecule has 0 radical (unpaired) electrons. The first-order chi connectivity index (χ1) is 12.9. The van der Waals surface area contributed by atoms with E-state index in [-0.39, 0.29) is 28.5 Å². The molecule has 0 aromatic heterocycles. The van der Waals surface area contributed by atoms with Gasteiger partial charge in [-0.2, -0.15) is 0 Å². The van der Waals surface area contributed by atoms with E-state index in [0.29, 0.717) is 18.7 Å². The Bertz CT molecular complexity index is 810. The molecule has 0 unspecified atom stereocenters. The van der Waals surface area contributed by atoms with E-state index in [0.717, 1.165) is 25.0 Å². The zero-order valence-corrected chi connectivity index (χ0v) is 15.9. The summed E-state index contributed by atoms with van der Waals surface area (Å²) in [4.78, 5) is 1.68. The van der Waals surface area contributed by atoms with Crippen molar-refractivity contribution in [2.45, 2.75) is 25.5 Å². The molecule has 144 valence electrons. The standard InChI is InChI=1S/C19H18ClF3N2OS/c20-15-4-1-5-16(22)14(15)11-25(10-13-3-2-8-26-13)19(27)24-18-7-6-12(21)9-17(18)23/h1,4-7,9,13H,2-3,8,10-11H2,(H,24,27)/t13-/m1/s1. The number of benzene rings is 2. The van der Waals surface area contributed by atoms with Gasteiger partial charge in [-0.05, 0) is 49.3 Å².